The average Bonchev–Trinajstić information content (AvgIpc) is 2.36. The third-order valence-corrected chi connectivity index (χ3v) is 3.36. The van der Waals surface area contributed by atoms with E-state index in [1.165, 1.54) is 0 Å². The van der Waals surface area contributed by atoms with Gasteiger partial charge in [0.2, 0.25) is 10.0 Å². The summed E-state index contributed by atoms with van der Waals surface area (Å²) < 4.78 is 27.0. The molecule has 0 aliphatic carbocycles. The predicted octanol–water partition coefficient (Wildman–Crippen LogP) is 1.24. The van der Waals surface area contributed by atoms with Crippen LogP contribution in [0.25, 0.3) is 0 Å². The monoisotopic (exact) mass is 286 g/mol. The van der Waals surface area contributed by atoms with Crippen molar-refractivity contribution >= 4 is 10.0 Å². The molecule has 0 saturated heterocycles. The van der Waals surface area contributed by atoms with Gasteiger partial charge in [-0.1, -0.05) is 25.5 Å². The van der Waals surface area contributed by atoms with Gasteiger partial charge in [0.15, 0.2) is 0 Å². The van der Waals surface area contributed by atoms with Crippen LogP contribution >= 0.6 is 0 Å². The second kappa shape index (κ2) is 8.14. The molecule has 0 atom stereocenters. The number of nitrogens with two attached hydrogens (primary N) is 1. The molecule has 0 bridgehead atoms. The van der Waals surface area contributed by atoms with Crippen LogP contribution in [0.5, 0.6) is 5.75 Å². The van der Waals surface area contributed by atoms with Gasteiger partial charge >= 0.3 is 0 Å². The summed E-state index contributed by atoms with van der Waals surface area (Å²) >= 11 is 0. The Morgan fingerprint density at radius 3 is 2.53 bits per heavy atom. The normalized spacial score (nSPS) is 11.5. The first-order valence-electron chi connectivity index (χ1n) is 6.44. The molecule has 108 valence electrons. The Bertz CT molecular complexity index is 457. The summed E-state index contributed by atoms with van der Waals surface area (Å²) in [6.45, 7) is 3.83. The molecule has 19 heavy (non-hydrogen) atoms. The average molecular weight is 286 g/mol. The molecule has 0 aromatic heterocycles. The summed E-state index contributed by atoms with van der Waals surface area (Å²) in [5.41, 5.74) is 1.08. The number of primary sulfonamides is 1. The Balaban J connectivity index is 2.28. The van der Waals surface area contributed by atoms with Crippen LogP contribution in [0.3, 0.4) is 0 Å². The van der Waals surface area contributed by atoms with Gasteiger partial charge in [0, 0.05) is 13.1 Å². The van der Waals surface area contributed by atoms with E-state index < -0.39 is 10.0 Å². The number of nitrogens with one attached hydrogen (secondary N) is 1. The van der Waals surface area contributed by atoms with Gasteiger partial charge in [-0.25, -0.2) is 13.6 Å². The molecule has 0 spiro atoms. The van der Waals surface area contributed by atoms with E-state index >= 15 is 0 Å². The van der Waals surface area contributed by atoms with Gasteiger partial charge in [-0.3, -0.25) is 0 Å². The summed E-state index contributed by atoms with van der Waals surface area (Å²) in [5.74, 6) is 0.812. The van der Waals surface area contributed by atoms with Crippen LogP contribution in [0, 0.1) is 0 Å². The van der Waals surface area contributed by atoms with Gasteiger partial charge in [-0.15, -0.1) is 0 Å². The minimum atomic E-state index is -3.38. The summed E-state index contributed by atoms with van der Waals surface area (Å²) in [6, 6.07) is 7.77. The third-order valence-electron chi connectivity index (χ3n) is 2.58. The highest BCUT2D eigenvalue weighted by Crippen LogP contribution is 2.12. The van der Waals surface area contributed by atoms with E-state index in [1.807, 2.05) is 24.3 Å². The Labute approximate surface area is 115 Å². The van der Waals surface area contributed by atoms with E-state index in [9.17, 15) is 8.42 Å². The maximum Gasteiger partial charge on any atom is 0.210 e. The van der Waals surface area contributed by atoms with Crippen molar-refractivity contribution in [2.45, 2.75) is 26.3 Å². The van der Waals surface area contributed by atoms with Gasteiger partial charge in [-0.2, -0.15) is 0 Å². The molecule has 1 aromatic carbocycles. The molecule has 0 aliphatic rings. The van der Waals surface area contributed by atoms with Crippen LogP contribution in [0.15, 0.2) is 24.3 Å². The summed E-state index contributed by atoms with van der Waals surface area (Å²) in [7, 11) is -3.38. The third kappa shape index (κ3) is 7.81. The van der Waals surface area contributed by atoms with E-state index in [-0.39, 0.29) is 5.75 Å². The molecule has 0 saturated carbocycles. The van der Waals surface area contributed by atoms with Crippen LogP contribution in [0.4, 0.5) is 0 Å². The molecule has 5 nitrogen and oxygen atoms in total. The SMILES string of the molecule is CCCCOc1ccc(CNCCS(N)(=O)=O)cc1. The highest BCUT2D eigenvalue weighted by molar-refractivity contribution is 7.89. The van der Waals surface area contributed by atoms with Crippen LogP contribution < -0.4 is 15.2 Å². The lowest BCUT2D eigenvalue weighted by Crippen LogP contribution is -2.26. The standard InChI is InChI=1S/C13H22N2O3S/c1-2-3-9-18-13-6-4-12(5-7-13)11-15-8-10-19(14,16)17/h4-7,15H,2-3,8-11H2,1H3,(H2,14,16,17). The number of sulfonamides is 1. The summed E-state index contributed by atoms with van der Waals surface area (Å²) in [4.78, 5) is 0. The number of unbranched alkanes of at least 4 members (excludes halogenated alkanes) is 1. The largest absolute Gasteiger partial charge is 0.494 e. The molecule has 1 aromatic rings. The van der Waals surface area contributed by atoms with Crippen molar-refractivity contribution in [1.82, 2.24) is 5.32 Å². The van der Waals surface area contributed by atoms with E-state index in [4.69, 9.17) is 9.88 Å². The van der Waals surface area contributed by atoms with E-state index in [1.54, 1.807) is 0 Å². The lowest BCUT2D eigenvalue weighted by atomic mass is 10.2. The molecule has 1 rings (SSSR count). The van der Waals surface area contributed by atoms with Crippen molar-refractivity contribution in [3.8, 4) is 5.75 Å². The van der Waals surface area contributed by atoms with E-state index in [0.29, 0.717) is 13.1 Å². The fraction of sp³-hybridized carbons (Fsp3) is 0.538. The summed E-state index contributed by atoms with van der Waals surface area (Å²) in [6.07, 6.45) is 2.17. The lowest BCUT2D eigenvalue weighted by molar-refractivity contribution is 0.309. The predicted molar refractivity (Wildman–Crippen MR) is 76.5 cm³/mol. The molecular formula is C13H22N2O3S. The van der Waals surface area contributed by atoms with Crippen molar-refractivity contribution in [2.24, 2.45) is 5.14 Å². The smallest absolute Gasteiger partial charge is 0.210 e. The fourth-order valence-corrected chi connectivity index (χ4v) is 1.91. The van der Waals surface area contributed by atoms with Crippen LogP contribution in [-0.4, -0.2) is 27.3 Å². The molecule has 0 aliphatic heterocycles. The van der Waals surface area contributed by atoms with Gasteiger partial charge in [0.25, 0.3) is 0 Å². The van der Waals surface area contributed by atoms with Gasteiger partial charge in [0.1, 0.15) is 5.75 Å². The number of ether oxygens (including phenoxy) is 1. The number of rotatable bonds is 9. The number of benzene rings is 1. The zero-order chi connectivity index (χ0) is 14.1. The topological polar surface area (TPSA) is 81.4 Å². The van der Waals surface area contributed by atoms with Gasteiger partial charge in [0.05, 0.1) is 12.4 Å². The first-order chi connectivity index (χ1) is 9.01. The Morgan fingerprint density at radius 2 is 1.95 bits per heavy atom. The second-order valence-corrected chi connectivity index (χ2v) is 6.12. The maximum atomic E-state index is 10.7. The molecule has 0 fully saturated rings. The Kier molecular flexibility index (Phi) is 6.83. The minimum absolute atomic E-state index is 0.0504. The number of hydrogen-bond acceptors (Lipinski definition) is 4. The molecule has 0 radical (unpaired) electrons. The lowest BCUT2D eigenvalue weighted by Gasteiger charge is -2.07. The van der Waals surface area contributed by atoms with E-state index in [2.05, 4.69) is 12.2 Å². The maximum absolute atomic E-state index is 10.7. The first-order valence-corrected chi connectivity index (χ1v) is 8.16. The molecule has 6 heteroatoms. The van der Waals surface area contributed by atoms with Gasteiger partial charge in [-0.05, 0) is 24.1 Å². The molecular weight excluding hydrogens is 264 g/mol. The minimum Gasteiger partial charge on any atom is -0.494 e. The van der Waals surface area contributed by atoms with E-state index in [0.717, 1.165) is 30.8 Å². The Morgan fingerprint density at radius 1 is 1.26 bits per heavy atom. The van der Waals surface area contributed by atoms with Crippen molar-refractivity contribution in [3.05, 3.63) is 29.8 Å². The first kappa shape index (κ1) is 15.9. The number of hydrogen-bond donors (Lipinski definition) is 2. The van der Waals surface area contributed by atoms with Gasteiger partial charge < -0.3 is 10.1 Å². The van der Waals surface area contributed by atoms with Crippen LogP contribution in [-0.2, 0) is 16.6 Å². The highest BCUT2D eigenvalue weighted by atomic mass is 32.2. The van der Waals surface area contributed by atoms with Crippen LogP contribution in [0.1, 0.15) is 25.3 Å². The fourth-order valence-electron chi connectivity index (χ4n) is 1.49. The highest BCUT2D eigenvalue weighted by Gasteiger charge is 2.01. The van der Waals surface area contributed by atoms with Crippen LogP contribution in [0.2, 0.25) is 0 Å². The second-order valence-electron chi connectivity index (χ2n) is 4.39. The summed E-state index contributed by atoms with van der Waals surface area (Å²) in [5, 5.41) is 7.94. The quantitative estimate of drug-likeness (QED) is 0.669. The molecule has 3 N–H and O–H groups in total. The molecule has 0 amide bonds. The van der Waals surface area contributed by atoms with Crippen molar-refractivity contribution in [3.63, 3.8) is 0 Å². The van der Waals surface area contributed by atoms with Crippen molar-refractivity contribution < 1.29 is 13.2 Å². The zero-order valence-corrected chi connectivity index (χ0v) is 12.1. The zero-order valence-electron chi connectivity index (χ0n) is 11.3. The molecule has 0 unspecified atom stereocenters. The molecule has 0 heterocycles. The van der Waals surface area contributed by atoms with Crippen molar-refractivity contribution in [1.29, 1.82) is 0 Å². The Hall–Kier alpha value is -1.11. The van der Waals surface area contributed by atoms with Crippen molar-refractivity contribution in [2.75, 3.05) is 18.9 Å².